The van der Waals surface area contributed by atoms with Crippen molar-refractivity contribution in [1.82, 2.24) is 0 Å². The van der Waals surface area contributed by atoms with E-state index in [9.17, 15) is 0 Å². The first kappa shape index (κ1) is 6.86. The molecule has 0 amide bonds. The van der Waals surface area contributed by atoms with Crippen molar-refractivity contribution in [2.45, 2.75) is 12.5 Å². The third-order valence-corrected chi connectivity index (χ3v) is 1.40. The second-order valence-corrected chi connectivity index (χ2v) is 2.12. The first-order valence-corrected chi connectivity index (χ1v) is 2.97. The Hall–Kier alpha value is -1.25. The van der Waals surface area contributed by atoms with Gasteiger partial charge in [-0.15, -0.1) is 0 Å². The summed E-state index contributed by atoms with van der Waals surface area (Å²) in [4.78, 5) is 2.93. The van der Waals surface area contributed by atoms with Crippen LogP contribution in [-0.4, -0.2) is 22.3 Å². The molecule has 1 aliphatic rings. The van der Waals surface area contributed by atoms with Gasteiger partial charge in [0, 0.05) is 6.42 Å². The zero-order chi connectivity index (χ0) is 7.56. The van der Waals surface area contributed by atoms with Crippen LogP contribution in [0, 0.1) is 5.41 Å². The zero-order valence-corrected chi connectivity index (χ0v) is 5.41. The van der Waals surface area contributed by atoms with E-state index in [0.29, 0.717) is 6.42 Å². The number of nitrogens with zero attached hydrogens (tertiary/aromatic N) is 2. The minimum absolute atomic E-state index is 0.266. The Kier molecular flexibility index (Phi) is 1.76. The smallest absolute Gasteiger partial charge is 0.333 e. The van der Waals surface area contributed by atoms with Gasteiger partial charge in [0.05, 0.1) is 0 Å². The first-order chi connectivity index (χ1) is 4.75. The van der Waals surface area contributed by atoms with Crippen molar-refractivity contribution < 1.29 is 4.79 Å². The van der Waals surface area contributed by atoms with E-state index in [1.807, 2.05) is 0 Å². The summed E-state index contributed by atoms with van der Waals surface area (Å²) in [6.07, 6.45) is 4.02. The Morgan fingerprint density at radius 2 is 2.50 bits per heavy atom. The normalized spacial score (nSPS) is 24.7. The van der Waals surface area contributed by atoms with Gasteiger partial charge in [-0.05, 0) is 0 Å². The van der Waals surface area contributed by atoms with Crippen LogP contribution in [0.25, 0.3) is 5.53 Å². The van der Waals surface area contributed by atoms with E-state index < -0.39 is 6.04 Å². The fourth-order valence-corrected chi connectivity index (χ4v) is 0.856. The summed E-state index contributed by atoms with van der Waals surface area (Å²) in [7, 11) is 0. The number of rotatable bonds is 0. The fourth-order valence-electron chi connectivity index (χ4n) is 0.856. The molecule has 0 heterocycles. The molecule has 0 radical (unpaired) electrons. The Morgan fingerprint density at radius 3 is 2.90 bits per heavy atom. The van der Waals surface area contributed by atoms with Crippen molar-refractivity contribution in [3.63, 3.8) is 0 Å². The maximum absolute atomic E-state index is 8.37. The molecule has 4 nitrogen and oxygen atoms in total. The van der Waals surface area contributed by atoms with E-state index in [2.05, 4.69) is 4.79 Å². The first-order valence-electron chi connectivity index (χ1n) is 2.97. The molecule has 0 aromatic heterocycles. The van der Waals surface area contributed by atoms with Crippen molar-refractivity contribution in [1.29, 1.82) is 5.41 Å². The Balaban J connectivity index is 3.00. The molecule has 0 saturated heterocycles. The molecule has 1 rings (SSSR count). The van der Waals surface area contributed by atoms with Gasteiger partial charge in [0.25, 0.3) is 0 Å². The average Bonchev–Trinajstić information content (AvgIpc) is 1.88. The third kappa shape index (κ3) is 1.03. The van der Waals surface area contributed by atoms with Crippen LogP contribution in [0.5, 0.6) is 0 Å². The van der Waals surface area contributed by atoms with Crippen molar-refractivity contribution in [2.75, 3.05) is 0 Å². The van der Waals surface area contributed by atoms with E-state index in [-0.39, 0.29) is 11.4 Å². The Morgan fingerprint density at radius 1 is 1.80 bits per heavy atom. The maximum Gasteiger partial charge on any atom is 0.333 e. The lowest BCUT2D eigenvalue weighted by atomic mass is 9.99. The van der Waals surface area contributed by atoms with Gasteiger partial charge < -0.3 is 11.3 Å². The summed E-state index contributed by atoms with van der Waals surface area (Å²) < 4.78 is 0. The van der Waals surface area contributed by atoms with Gasteiger partial charge >= 0.3 is 5.71 Å². The Labute approximate surface area is 58.5 Å². The molecule has 10 heavy (non-hydrogen) atoms. The number of hydrogen-bond donors (Lipinski definition) is 2. The average molecular weight is 136 g/mol. The molecule has 1 aliphatic carbocycles. The standard InChI is InChI=1S/C6H8N4/c7-4-2-1-3-5(8)6(4)10-9/h1-2,4,8H,3,7H2. The molecule has 0 spiro atoms. The van der Waals surface area contributed by atoms with Crippen LogP contribution in [0.3, 0.4) is 0 Å². The van der Waals surface area contributed by atoms with Crippen LogP contribution < -0.4 is 5.73 Å². The third-order valence-electron chi connectivity index (χ3n) is 1.40. The highest BCUT2D eigenvalue weighted by Gasteiger charge is 2.24. The van der Waals surface area contributed by atoms with E-state index in [4.69, 9.17) is 16.7 Å². The van der Waals surface area contributed by atoms with Gasteiger partial charge in [-0.2, -0.15) is 4.79 Å². The zero-order valence-electron chi connectivity index (χ0n) is 5.41. The van der Waals surface area contributed by atoms with Crippen LogP contribution in [0.2, 0.25) is 0 Å². The number of allylic oxidation sites excluding steroid dienone is 1. The molecule has 0 aliphatic heterocycles. The summed E-state index contributed by atoms with van der Waals surface area (Å²) in [6, 6.07) is -0.411. The van der Waals surface area contributed by atoms with Gasteiger partial charge in [-0.1, -0.05) is 12.2 Å². The lowest BCUT2D eigenvalue weighted by molar-refractivity contribution is -0.00513. The highest BCUT2D eigenvalue weighted by molar-refractivity contribution is 6.42. The predicted octanol–water partition coefficient (Wildman–Crippen LogP) is -0.0358. The van der Waals surface area contributed by atoms with Crippen LogP contribution in [0.1, 0.15) is 6.42 Å². The van der Waals surface area contributed by atoms with Crippen molar-refractivity contribution in [3.05, 3.63) is 17.7 Å². The molecule has 4 heteroatoms. The molecule has 0 aromatic carbocycles. The summed E-state index contributed by atoms with van der Waals surface area (Å²) >= 11 is 0. The van der Waals surface area contributed by atoms with E-state index >= 15 is 0 Å². The van der Waals surface area contributed by atoms with Crippen molar-refractivity contribution >= 4 is 11.4 Å². The molecule has 0 aromatic rings. The molecule has 0 fully saturated rings. The Bertz CT molecular complexity index is 234. The minimum Gasteiger partial charge on any atom is -0.361 e. The number of hydrogen-bond acceptors (Lipinski definition) is 2. The van der Waals surface area contributed by atoms with Gasteiger partial charge in [-0.25, -0.2) is 0 Å². The monoisotopic (exact) mass is 136 g/mol. The van der Waals surface area contributed by atoms with Gasteiger partial charge in [0.15, 0.2) is 0 Å². The van der Waals surface area contributed by atoms with Crippen molar-refractivity contribution in [3.8, 4) is 0 Å². The topological polar surface area (TPSA) is 86.3 Å². The second-order valence-electron chi connectivity index (χ2n) is 2.12. The van der Waals surface area contributed by atoms with Crippen molar-refractivity contribution in [2.24, 2.45) is 5.73 Å². The second kappa shape index (κ2) is 2.56. The molecule has 1 atom stereocenters. The van der Waals surface area contributed by atoms with Crippen LogP contribution in [0.15, 0.2) is 12.2 Å². The number of nitrogens with two attached hydrogens (primary N) is 1. The van der Waals surface area contributed by atoms with E-state index in [0.717, 1.165) is 0 Å². The molecule has 1 unspecified atom stereocenters. The highest BCUT2D eigenvalue weighted by Crippen LogP contribution is 2.00. The molecule has 0 bridgehead atoms. The summed E-state index contributed by atoms with van der Waals surface area (Å²) in [5.41, 5.74) is 14.4. The summed E-state index contributed by atoms with van der Waals surface area (Å²) in [5.74, 6) is 0. The lowest BCUT2D eigenvalue weighted by Gasteiger charge is -2.05. The van der Waals surface area contributed by atoms with Gasteiger partial charge in [-0.3, -0.25) is 5.41 Å². The predicted molar refractivity (Wildman–Crippen MR) is 38.1 cm³/mol. The molecular weight excluding hydrogens is 128 g/mol. The minimum atomic E-state index is -0.411. The maximum atomic E-state index is 8.37. The molecule has 3 N–H and O–H groups in total. The van der Waals surface area contributed by atoms with Gasteiger partial charge in [0.1, 0.15) is 11.8 Å². The van der Waals surface area contributed by atoms with E-state index in [1.165, 1.54) is 0 Å². The molecule has 52 valence electrons. The van der Waals surface area contributed by atoms with Crippen LogP contribution >= 0.6 is 0 Å². The molecule has 0 saturated carbocycles. The highest BCUT2D eigenvalue weighted by atomic mass is 14.9. The van der Waals surface area contributed by atoms with E-state index in [1.54, 1.807) is 12.2 Å². The fraction of sp³-hybridized carbons (Fsp3) is 0.333. The largest absolute Gasteiger partial charge is 0.361 e. The SMILES string of the molecule is [N-]=[N+]=C1C(=N)CC=CC1N. The number of nitrogens with one attached hydrogen (secondary N) is 1. The lowest BCUT2D eigenvalue weighted by Crippen LogP contribution is -2.37. The van der Waals surface area contributed by atoms with Crippen LogP contribution in [0.4, 0.5) is 0 Å². The molecular formula is C6H8N4. The quantitative estimate of drug-likeness (QED) is 0.273. The van der Waals surface area contributed by atoms with Gasteiger partial charge in [0.2, 0.25) is 0 Å². The van der Waals surface area contributed by atoms with Crippen LogP contribution in [-0.2, 0) is 0 Å². The summed E-state index contributed by atoms with van der Waals surface area (Å²) in [6.45, 7) is 0. The summed E-state index contributed by atoms with van der Waals surface area (Å²) in [5, 5.41) is 7.25.